The molecule has 0 aromatic heterocycles. The molecule has 116 valence electrons. The van der Waals surface area contributed by atoms with E-state index in [9.17, 15) is 9.59 Å². The molecular weight excluding hydrogens is 270 g/mol. The zero-order valence-corrected chi connectivity index (χ0v) is 12.8. The van der Waals surface area contributed by atoms with Crippen LogP contribution in [-0.2, 0) is 9.59 Å². The van der Waals surface area contributed by atoms with E-state index in [1.165, 1.54) is 0 Å². The number of hydrogen-bond acceptors (Lipinski definition) is 3. The monoisotopic (exact) mass is 293 g/mol. The normalized spacial score (nSPS) is 10.5. The minimum Gasteiger partial charge on any atom is -0.483 e. The molecule has 1 amide bonds. The molecule has 0 aliphatic heterocycles. The van der Waals surface area contributed by atoms with Crippen LogP contribution in [0, 0.1) is 6.92 Å². The number of hydrogen-bond donors (Lipinski definition) is 2. The highest BCUT2D eigenvalue weighted by Gasteiger charge is 2.10. The van der Waals surface area contributed by atoms with Crippen LogP contribution in [0.1, 0.15) is 43.7 Å². The maximum Gasteiger partial charge on any atom is 0.303 e. The van der Waals surface area contributed by atoms with Gasteiger partial charge in [0.2, 0.25) is 0 Å². The molecule has 0 aliphatic rings. The van der Waals surface area contributed by atoms with Crippen molar-refractivity contribution < 1.29 is 19.4 Å². The minimum absolute atomic E-state index is 0.0521. The quantitative estimate of drug-likeness (QED) is 0.722. The Hall–Kier alpha value is -2.04. The Kier molecular flexibility index (Phi) is 6.72. The van der Waals surface area contributed by atoms with Crippen LogP contribution in [0.15, 0.2) is 18.2 Å². The summed E-state index contributed by atoms with van der Waals surface area (Å²) in [7, 11) is 0. The fourth-order valence-corrected chi connectivity index (χ4v) is 1.91. The first-order valence-corrected chi connectivity index (χ1v) is 7.12. The van der Waals surface area contributed by atoms with E-state index in [4.69, 9.17) is 9.84 Å². The van der Waals surface area contributed by atoms with E-state index in [0.717, 1.165) is 16.9 Å². The zero-order valence-electron chi connectivity index (χ0n) is 12.8. The molecule has 0 radical (unpaired) electrons. The van der Waals surface area contributed by atoms with Crippen molar-refractivity contribution in [1.29, 1.82) is 0 Å². The molecule has 0 atom stereocenters. The summed E-state index contributed by atoms with van der Waals surface area (Å²) in [5.74, 6) is -0.0525. The van der Waals surface area contributed by atoms with Gasteiger partial charge in [0.05, 0.1) is 0 Å². The SMILES string of the molecule is Cc1ccc(C(C)C)c(OCC(=O)NCCCC(=O)O)c1. The highest BCUT2D eigenvalue weighted by molar-refractivity contribution is 5.77. The zero-order chi connectivity index (χ0) is 15.8. The summed E-state index contributed by atoms with van der Waals surface area (Å²) < 4.78 is 5.59. The Morgan fingerprint density at radius 3 is 2.67 bits per heavy atom. The highest BCUT2D eigenvalue weighted by Crippen LogP contribution is 2.27. The molecule has 21 heavy (non-hydrogen) atoms. The summed E-state index contributed by atoms with van der Waals surface area (Å²) >= 11 is 0. The average Bonchev–Trinajstić information content (AvgIpc) is 2.40. The second kappa shape index (κ2) is 8.29. The van der Waals surface area contributed by atoms with E-state index in [1.807, 2.05) is 25.1 Å². The molecule has 0 fully saturated rings. The Morgan fingerprint density at radius 2 is 2.05 bits per heavy atom. The molecule has 0 aliphatic carbocycles. The number of carbonyl (C=O) groups excluding carboxylic acids is 1. The standard InChI is InChI=1S/C16H23NO4/c1-11(2)13-7-6-12(3)9-14(13)21-10-15(18)17-8-4-5-16(19)20/h6-7,9,11H,4-5,8,10H2,1-3H3,(H,17,18)(H,19,20). The Bertz CT molecular complexity index is 497. The van der Waals surface area contributed by atoms with Gasteiger partial charge in [-0.2, -0.15) is 0 Å². The number of aryl methyl sites for hydroxylation is 1. The number of rotatable bonds is 8. The van der Waals surface area contributed by atoms with Gasteiger partial charge in [-0.25, -0.2) is 0 Å². The number of benzene rings is 1. The van der Waals surface area contributed by atoms with Gasteiger partial charge < -0.3 is 15.2 Å². The molecular formula is C16H23NO4. The molecule has 5 heteroatoms. The van der Waals surface area contributed by atoms with Gasteiger partial charge in [-0.1, -0.05) is 26.0 Å². The summed E-state index contributed by atoms with van der Waals surface area (Å²) in [4.78, 5) is 22.0. The molecule has 2 N–H and O–H groups in total. The van der Waals surface area contributed by atoms with Crippen molar-refractivity contribution >= 4 is 11.9 Å². The number of aliphatic carboxylic acids is 1. The van der Waals surface area contributed by atoms with Crippen LogP contribution in [0.2, 0.25) is 0 Å². The molecule has 0 unspecified atom stereocenters. The molecule has 0 heterocycles. The van der Waals surface area contributed by atoms with Gasteiger partial charge in [0.15, 0.2) is 6.61 Å². The molecule has 0 bridgehead atoms. The van der Waals surface area contributed by atoms with E-state index in [-0.39, 0.29) is 18.9 Å². The van der Waals surface area contributed by atoms with Gasteiger partial charge in [0.25, 0.3) is 5.91 Å². The first kappa shape index (κ1) is 17.0. The van der Waals surface area contributed by atoms with Crippen LogP contribution < -0.4 is 10.1 Å². The van der Waals surface area contributed by atoms with Crippen LogP contribution in [0.4, 0.5) is 0 Å². The number of amides is 1. The van der Waals surface area contributed by atoms with Gasteiger partial charge in [-0.05, 0) is 36.5 Å². The maximum atomic E-state index is 11.6. The van der Waals surface area contributed by atoms with Crippen LogP contribution in [0.5, 0.6) is 5.75 Å². The summed E-state index contributed by atoms with van der Waals surface area (Å²) in [5.41, 5.74) is 2.15. The lowest BCUT2D eigenvalue weighted by atomic mass is 10.0. The predicted molar refractivity (Wildman–Crippen MR) is 80.6 cm³/mol. The Morgan fingerprint density at radius 1 is 1.33 bits per heavy atom. The lowest BCUT2D eigenvalue weighted by Crippen LogP contribution is -2.30. The smallest absolute Gasteiger partial charge is 0.303 e. The van der Waals surface area contributed by atoms with Gasteiger partial charge in [0.1, 0.15) is 5.75 Å². The summed E-state index contributed by atoms with van der Waals surface area (Å²) in [6, 6.07) is 5.96. The van der Waals surface area contributed by atoms with Gasteiger partial charge in [0, 0.05) is 13.0 Å². The topological polar surface area (TPSA) is 75.6 Å². The van der Waals surface area contributed by atoms with Crippen LogP contribution in [-0.4, -0.2) is 30.1 Å². The first-order chi connectivity index (χ1) is 9.90. The lowest BCUT2D eigenvalue weighted by Gasteiger charge is -2.14. The highest BCUT2D eigenvalue weighted by atomic mass is 16.5. The van der Waals surface area contributed by atoms with E-state index in [1.54, 1.807) is 0 Å². The van der Waals surface area contributed by atoms with Crippen molar-refractivity contribution in [1.82, 2.24) is 5.32 Å². The second-order valence-electron chi connectivity index (χ2n) is 5.33. The number of nitrogens with one attached hydrogen (secondary N) is 1. The third kappa shape index (κ3) is 6.29. The molecule has 1 aromatic rings. The molecule has 0 saturated carbocycles. The Labute approximate surface area is 125 Å². The van der Waals surface area contributed by atoms with Gasteiger partial charge in [-0.3, -0.25) is 9.59 Å². The van der Waals surface area contributed by atoms with E-state index in [0.29, 0.717) is 18.9 Å². The number of carboxylic acid groups (broad SMARTS) is 1. The molecule has 1 aromatic carbocycles. The molecule has 1 rings (SSSR count). The predicted octanol–water partition coefficient (Wildman–Crippen LogP) is 2.48. The fraction of sp³-hybridized carbons (Fsp3) is 0.500. The van der Waals surface area contributed by atoms with E-state index >= 15 is 0 Å². The van der Waals surface area contributed by atoms with Crippen molar-refractivity contribution in [3.63, 3.8) is 0 Å². The number of carbonyl (C=O) groups is 2. The third-order valence-electron chi connectivity index (χ3n) is 3.04. The third-order valence-corrected chi connectivity index (χ3v) is 3.04. The minimum atomic E-state index is -0.859. The summed E-state index contributed by atoms with van der Waals surface area (Å²) in [5, 5.41) is 11.1. The molecule has 0 saturated heterocycles. The lowest BCUT2D eigenvalue weighted by molar-refractivity contribution is -0.137. The van der Waals surface area contributed by atoms with Crippen molar-refractivity contribution in [2.75, 3.05) is 13.2 Å². The molecule has 0 spiro atoms. The summed E-state index contributed by atoms with van der Waals surface area (Å²) in [6.45, 7) is 6.41. The molecule has 5 nitrogen and oxygen atoms in total. The van der Waals surface area contributed by atoms with Crippen LogP contribution in [0.25, 0.3) is 0 Å². The van der Waals surface area contributed by atoms with Crippen molar-refractivity contribution in [3.8, 4) is 5.75 Å². The second-order valence-corrected chi connectivity index (χ2v) is 5.33. The van der Waals surface area contributed by atoms with Gasteiger partial charge in [-0.15, -0.1) is 0 Å². The average molecular weight is 293 g/mol. The fourth-order valence-electron chi connectivity index (χ4n) is 1.91. The first-order valence-electron chi connectivity index (χ1n) is 7.12. The number of ether oxygens (including phenoxy) is 1. The largest absolute Gasteiger partial charge is 0.483 e. The van der Waals surface area contributed by atoms with Crippen LogP contribution >= 0.6 is 0 Å². The summed E-state index contributed by atoms with van der Waals surface area (Å²) in [6.07, 6.45) is 0.472. The van der Waals surface area contributed by atoms with E-state index < -0.39 is 5.97 Å². The number of carboxylic acids is 1. The maximum absolute atomic E-state index is 11.6. The van der Waals surface area contributed by atoms with Crippen LogP contribution in [0.3, 0.4) is 0 Å². The van der Waals surface area contributed by atoms with Gasteiger partial charge >= 0.3 is 5.97 Å². The van der Waals surface area contributed by atoms with Crippen molar-refractivity contribution in [2.24, 2.45) is 0 Å². The van der Waals surface area contributed by atoms with Crippen molar-refractivity contribution in [2.45, 2.75) is 39.5 Å². The Balaban J connectivity index is 2.45. The van der Waals surface area contributed by atoms with E-state index in [2.05, 4.69) is 19.2 Å². The van der Waals surface area contributed by atoms with Crippen molar-refractivity contribution in [3.05, 3.63) is 29.3 Å².